The van der Waals surface area contributed by atoms with E-state index in [2.05, 4.69) is 5.32 Å². The molecule has 1 aliphatic heterocycles. The van der Waals surface area contributed by atoms with E-state index >= 15 is 0 Å². The predicted octanol–water partition coefficient (Wildman–Crippen LogP) is 5.71. The third-order valence-corrected chi connectivity index (χ3v) is 8.19. The maximum absolute atomic E-state index is 13.2. The van der Waals surface area contributed by atoms with Crippen LogP contribution >= 0.6 is 0 Å². The van der Waals surface area contributed by atoms with Gasteiger partial charge in [-0.1, -0.05) is 37.1 Å². The van der Waals surface area contributed by atoms with Crippen LogP contribution < -0.4 is 5.32 Å². The molecule has 6 nitrogen and oxygen atoms in total. The largest absolute Gasteiger partial charge is 0.456 e. The van der Waals surface area contributed by atoms with Crippen LogP contribution in [0.3, 0.4) is 0 Å². The molecule has 0 bridgehead atoms. The van der Waals surface area contributed by atoms with E-state index in [1.54, 1.807) is 29.4 Å². The van der Waals surface area contributed by atoms with Crippen molar-refractivity contribution in [1.29, 1.82) is 0 Å². The molecule has 3 aromatic carbocycles. The minimum Gasteiger partial charge on any atom is -0.456 e. The summed E-state index contributed by atoms with van der Waals surface area (Å²) in [6.45, 7) is 2.85. The fourth-order valence-corrected chi connectivity index (χ4v) is 5.98. The number of anilines is 1. The lowest BCUT2D eigenvalue weighted by atomic mass is 10.1. The molecule has 5 rings (SSSR count). The molecule has 33 heavy (non-hydrogen) atoms. The molecule has 0 radical (unpaired) electrons. The molecule has 0 unspecified atom stereocenters. The minimum absolute atomic E-state index is 0.160. The molecule has 4 aromatic rings. The Bertz CT molecular complexity index is 1450. The molecular weight excluding hydrogens is 436 g/mol. The Morgan fingerprint density at radius 2 is 1.61 bits per heavy atom. The number of nitrogens with zero attached hydrogens (tertiary/aromatic N) is 1. The van der Waals surface area contributed by atoms with Gasteiger partial charge in [-0.3, -0.25) is 4.79 Å². The predicted molar refractivity (Wildman–Crippen MR) is 130 cm³/mol. The lowest BCUT2D eigenvalue weighted by Gasteiger charge is -2.20. The zero-order valence-electron chi connectivity index (χ0n) is 18.5. The Balaban J connectivity index is 1.43. The highest BCUT2D eigenvalue weighted by atomic mass is 32.2. The minimum atomic E-state index is -3.64. The standard InChI is InChI=1S/C26H26N2O4S/c1-18-10-12-20(33(30,31)28-14-6-2-3-7-15-28)17-23(18)26(29)27-19-11-13-22-21-8-4-5-9-24(21)32-25(22)16-19/h4-5,8-13,16-17H,2-3,6-7,14-15H2,1H3,(H,27,29). The van der Waals surface area contributed by atoms with Gasteiger partial charge in [-0.25, -0.2) is 8.42 Å². The quantitative estimate of drug-likeness (QED) is 0.421. The van der Waals surface area contributed by atoms with E-state index in [9.17, 15) is 13.2 Å². The molecule has 1 N–H and O–H groups in total. The van der Waals surface area contributed by atoms with Gasteiger partial charge in [-0.05, 0) is 55.7 Å². The Morgan fingerprint density at radius 3 is 2.39 bits per heavy atom. The summed E-state index contributed by atoms with van der Waals surface area (Å²) in [6, 6.07) is 18.1. The zero-order valence-corrected chi connectivity index (χ0v) is 19.3. The first kappa shape index (κ1) is 21.7. The summed E-state index contributed by atoms with van der Waals surface area (Å²) < 4.78 is 33.8. The van der Waals surface area contributed by atoms with Crippen LogP contribution in [0.25, 0.3) is 21.9 Å². The molecule has 0 aliphatic carbocycles. The van der Waals surface area contributed by atoms with Gasteiger partial charge in [-0.15, -0.1) is 0 Å². The van der Waals surface area contributed by atoms with E-state index in [4.69, 9.17) is 4.42 Å². The maximum Gasteiger partial charge on any atom is 0.255 e. The number of amides is 1. The molecule has 1 aliphatic rings. The summed E-state index contributed by atoms with van der Waals surface area (Å²) in [5, 5.41) is 4.89. The topological polar surface area (TPSA) is 79.6 Å². The number of benzene rings is 3. The third-order valence-electron chi connectivity index (χ3n) is 6.29. The Hall–Kier alpha value is -3.16. The monoisotopic (exact) mass is 462 g/mol. The molecule has 1 fully saturated rings. The number of nitrogens with one attached hydrogen (secondary N) is 1. The number of sulfonamides is 1. The van der Waals surface area contributed by atoms with Crippen molar-refractivity contribution >= 4 is 43.6 Å². The second-order valence-corrected chi connectivity index (χ2v) is 10.5. The summed E-state index contributed by atoms with van der Waals surface area (Å²) in [7, 11) is -3.64. The second kappa shape index (κ2) is 8.65. The molecule has 0 saturated carbocycles. The summed E-state index contributed by atoms with van der Waals surface area (Å²) in [5.74, 6) is -0.351. The number of carbonyl (C=O) groups excluding carboxylic acids is 1. The average molecular weight is 463 g/mol. The van der Waals surface area contributed by atoms with Gasteiger partial charge in [0.05, 0.1) is 4.90 Å². The van der Waals surface area contributed by atoms with Gasteiger partial charge in [0.1, 0.15) is 11.2 Å². The van der Waals surface area contributed by atoms with Gasteiger partial charge < -0.3 is 9.73 Å². The van der Waals surface area contributed by atoms with E-state index in [1.807, 2.05) is 36.4 Å². The van der Waals surface area contributed by atoms with E-state index in [0.717, 1.165) is 42.0 Å². The Labute approximate surface area is 193 Å². The van der Waals surface area contributed by atoms with E-state index in [1.165, 1.54) is 6.07 Å². The summed E-state index contributed by atoms with van der Waals surface area (Å²) in [4.78, 5) is 13.3. The smallest absolute Gasteiger partial charge is 0.255 e. The van der Waals surface area contributed by atoms with Gasteiger partial charge >= 0.3 is 0 Å². The highest BCUT2D eigenvalue weighted by molar-refractivity contribution is 7.89. The van der Waals surface area contributed by atoms with E-state index in [0.29, 0.717) is 35.5 Å². The fourth-order valence-electron chi connectivity index (χ4n) is 4.44. The highest BCUT2D eigenvalue weighted by Crippen LogP contribution is 2.31. The van der Waals surface area contributed by atoms with Gasteiger partial charge in [0.25, 0.3) is 5.91 Å². The van der Waals surface area contributed by atoms with E-state index < -0.39 is 10.0 Å². The third kappa shape index (κ3) is 4.14. The average Bonchev–Trinajstić information content (AvgIpc) is 2.96. The lowest BCUT2D eigenvalue weighted by Crippen LogP contribution is -2.32. The molecule has 170 valence electrons. The number of furan rings is 1. The number of fused-ring (bicyclic) bond motifs is 3. The molecule has 7 heteroatoms. The fraction of sp³-hybridized carbons (Fsp3) is 0.269. The lowest BCUT2D eigenvalue weighted by molar-refractivity contribution is 0.102. The van der Waals surface area contributed by atoms with Crippen LogP contribution in [0.5, 0.6) is 0 Å². The number of carbonyl (C=O) groups is 1. The number of para-hydroxylation sites is 1. The number of hydrogen-bond donors (Lipinski definition) is 1. The number of hydrogen-bond acceptors (Lipinski definition) is 4. The van der Waals surface area contributed by atoms with Crippen LogP contribution in [0.2, 0.25) is 0 Å². The van der Waals surface area contributed by atoms with Crippen LogP contribution in [0, 0.1) is 6.92 Å². The van der Waals surface area contributed by atoms with Crippen LogP contribution in [0.15, 0.2) is 70.0 Å². The summed E-state index contributed by atoms with van der Waals surface area (Å²) >= 11 is 0. The molecule has 1 amide bonds. The molecule has 0 atom stereocenters. The van der Waals surface area contributed by atoms with Crippen molar-refractivity contribution < 1.29 is 17.6 Å². The van der Waals surface area contributed by atoms with Crippen molar-refractivity contribution in [3.8, 4) is 0 Å². The van der Waals surface area contributed by atoms with Crippen molar-refractivity contribution in [3.63, 3.8) is 0 Å². The highest BCUT2D eigenvalue weighted by Gasteiger charge is 2.26. The summed E-state index contributed by atoms with van der Waals surface area (Å²) in [5.41, 5.74) is 3.12. The van der Waals surface area contributed by atoms with Gasteiger partial charge in [0.15, 0.2) is 0 Å². The Morgan fingerprint density at radius 1 is 0.879 bits per heavy atom. The SMILES string of the molecule is Cc1ccc(S(=O)(=O)N2CCCCCC2)cc1C(=O)Nc1ccc2c(c1)oc1ccccc12. The molecule has 2 heterocycles. The molecule has 1 saturated heterocycles. The van der Waals surface area contributed by atoms with Gasteiger partial charge in [-0.2, -0.15) is 4.31 Å². The first-order valence-corrected chi connectivity index (χ1v) is 12.7. The van der Waals surface area contributed by atoms with E-state index in [-0.39, 0.29) is 10.8 Å². The summed E-state index contributed by atoms with van der Waals surface area (Å²) in [6.07, 6.45) is 3.82. The first-order chi connectivity index (χ1) is 15.9. The second-order valence-electron chi connectivity index (χ2n) is 8.56. The Kier molecular flexibility index (Phi) is 5.68. The molecule has 0 spiro atoms. The van der Waals surface area contributed by atoms with Crippen molar-refractivity contribution in [1.82, 2.24) is 4.31 Å². The number of rotatable bonds is 4. The van der Waals surface area contributed by atoms with Crippen molar-refractivity contribution in [3.05, 3.63) is 71.8 Å². The van der Waals surface area contributed by atoms with Crippen molar-refractivity contribution in [2.24, 2.45) is 0 Å². The van der Waals surface area contributed by atoms with Crippen LogP contribution in [0.1, 0.15) is 41.6 Å². The number of aryl methyl sites for hydroxylation is 1. The van der Waals surface area contributed by atoms with Crippen LogP contribution in [-0.4, -0.2) is 31.7 Å². The van der Waals surface area contributed by atoms with Crippen molar-refractivity contribution in [2.75, 3.05) is 18.4 Å². The van der Waals surface area contributed by atoms with Crippen molar-refractivity contribution in [2.45, 2.75) is 37.5 Å². The molecule has 1 aromatic heterocycles. The van der Waals surface area contributed by atoms with Crippen LogP contribution in [0.4, 0.5) is 5.69 Å². The normalized spacial score (nSPS) is 15.5. The van der Waals surface area contributed by atoms with Crippen LogP contribution in [-0.2, 0) is 10.0 Å². The molecular formula is C26H26N2O4S. The maximum atomic E-state index is 13.2. The first-order valence-electron chi connectivity index (χ1n) is 11.3. The van der Waals surface area contributed by atoms with Gasteiger partial charge in [0.2, 0.25) is 10.0 Å². The van der Waals surface area contributed by atoms with Gasteiger partial charge in [0, 0.05) is 41.2 Å². The zero-order chi connectivity index (χ0) is 23.0.